The number of hydrogen-bond donors (Lipinski definition) is 2. The number of aliphatic hydroxyl groups excluding tert-OH is 1. The molecule has 220 valence electrons. The molecule has 7 nitrogen and oxygen atoms in total. The molecule has 3 aromatic carbocycles. The predicted molar refractivity (Wildman–Crippen MR) is 144 cm³/mol. The Balaban J connectivity index is 1.33. The number of rotatable bonds is 8. The number of nitrogens with zero attached hydrogens (tertiary/aromatic N) is 2. The van der Waals surface area contributed by atoms with Crippen LogP contribution in [0.15, 0.2) is 52.9 Å². The molecule has 0 aliphatic carbocycles. The second kappa shape index (κ2) is 12.8. The number of hydrogen-bond acceptors (Lipinski definition) is 8. The fourth-order valence-corrected chi connectivity index (χ4v) is 6.10. The summed E-state index contributed by atoms with van der Waals surface area (Å²) in [6.07, 6.45) is -0.903. The molecule has 1 saturated heterocycles. The first kappa shape index (κ1) is 30.0. The molecule has 42 heavy (non-hydrogen) atoms. The fraction of sp³-hybridized carbons (Fsp3) is 0.250. The van der Waals surface area contributed by atoms with Gasteiger partial charge in [-0.15, -0.1) is 10.2 Å². The van der Waals surface area contributed by atoms with Gasteiger partial charge in [0.15, 0.2) is 33.9 Å². The third-order valence-electron chi connectivity index (χ3n) is 6.39. The van der Waals surface area contributed by atoms with E-state index in [2.05, 4.69) is 15.5 Å². The lowest BCUT2D eigenvalue weighted by Gasteiger charge is -2.36. The average molecular weight is 624 g/mol. The van der Waals surface area contributed by atoms with E-state index in [9.17, 15) is 31.9 Å². The summed E-state index contributed by atoms with van der Waals surface area (Å²) in [5, 5.41) is 20.5. The molecule has 3 atom stereocenters. The van der Waals surface area contributed by atoms with Gasteiger partial charge in [-0.05, 0) is 30.2 Å². The number of aliphatic hydroxyl groups is 1. The number of aryl methyl sites for hydroxylation is 1. The van der Waals surface area contributed by atoms with Crippen molar-refractivity contribution in [1.82, 2.24) is 10.2 Å². The zero-order chi connectivity index (χ0) is 30.0. The minimum absolute atomic E-state index is 0.0402. The Labute approximate surface area is 244 Å². The number of halogens is 5. The van der Waals surface area contributed by atoms with E-state index in [0.717, 1.165) is 20.5 Å². The van der Waals surface area contributed by atoms with E-state index in [4.69, 9.17) is 9.47 Å². The highest BCUT2D eigenvalue weighted by molar-refractivity contribution is 8.01. The van der Waals surface area contributed by atoms with Crippen LogP contribution in [0.2, 0.25) is 0 Å². The maximum atomic E-state index is 14.1. The minimum atomic E-state index is -2.35. The van der Waals surface area contributed by atoms with Gasteiger partial charge in [-0.2, -0.15) is 0 Å². The molecular formula is C28H22F5N3O4S2. The first-order valence-electron chi connectivity index (χ1n) is 12.5. The van der Waals surface area contributed by atoms with Crippen molar-refractivity contribution in [3.8, 4) is 0 Å². The molecule has 2 heterocycles. The Bertz CT molecular complexity index is 1560. The predicted octanol–water partition coefficient (Wildman–Crippen LogP) is 6.62. The van der Waals surface area contributed by atoms with Crippen molar-refractivity contribution in [3.05, 3.63) is 105 Å². The zero-order valence-corrected chi connectivity index (χ0v) is 23.4. The number of ether oxygens (including phenoxy) is 2. The molecule has 1 amide bonds. The zero-order valence-electron chi connectivity index (χ0n) is 21.7. The van der Waals surface area contributed by atoms with E-state index < -0.39 is 46.8 Å². The number of carbonyl (C=O) groups is 1. The molecule has 2 N–H and O–H groups in total. The molecule has 5 rings (SSSR count). The van der Waals surface area contributed by atoms with Gasteiger partial charge in [-0.1, -0.05) is 59.5 Å². The molecule has 14 heteroatoms. The van der Waals surface area contributed by atoms with Gasteiger partial charge in [-0.3, -0.25) is 4.79 Å². The average Bonchev–Trinajstić information content (AvgIpc) is 3.43. The smallest absolute Gasteiger partial charge is 0.261 e. The van der Waals surface area contributed by atoms with Gasteiger partial charge in [0.2, 0.25) is 5.82 Å². The summed E-state index contributed by atoms with van der Waals surface area (Å²) in [6.45, 7) is 1.77. The van der Waals surface area contributed by atoms with Crippen LogP contribution in [-0.2, 0) is 16.1 Å². The Morgan fingerprint density at radius 1 is 0.929 bits per heavy atom. The van der Waals surface area contributed by atoms with E-state index in [1.807, 2.05) is 19.1 Å². The number of anilines is 1. The summed E-state index contributed by atoms with van der Waals surface area (Å²) in [6, 6.07) is 13.2. The van der Waals surface area contributed by atoms with Crippen molar-refractivity contribution < 1.29 is 41.3 Å². The summed E-state index contributed by atoms with van der Waals surface area (Å²) in [5.41, 5.74) is 0.648. The third-order valence-corrected chi connectivity index (χ3v) is 8.50. The van der Waals surface area contributed by atoms with Gasteiger partial charge in [0.05, 0.1) is 18.8 Å². The summed E-state index contributed by atoms with van der Waals surface area (Å²) < 4.78 is 81.8. The number of amides is 1. The molecule has 0 spiro atoms. The van der Waals surface area contributed by atoms with Crippen molar-refractivity contribution in [1.29, 1.82) is 0 Å². The molecule has 0 unspecified atom stereocenters. The first-order valence-corrected chi connectivity index (χ1v) is 14.3. The molecule has 4 aromatic rings. The van der Waals surface area contributed by atoms with Crippen LogP contribution in [0.3, 0.4) is 0 Å². The number of nitrogens with one attached hydrogen (secondary N) is 1. The first-order chi connectivity index (χ1) is 20.1. The summed E-state index contributed by atoms with van der Waals surface area (Å²) in [5.74, 6) is -12.2. The normalized spacial score (nSPS) is 18.7. The van der Waals surface area contributed by atoms with Gasteiger partial charge >= 0.3 is 0 Å². The minimum Gasteiger partial charge on any atom is -0.392 e. The van der Waals surface area contributed by atoms with E-state index in [1.54, 1.807) is 24.3 Å². The van der Waals surface area contributed by atoms with Gasteiger partial charge < -0.3 is 19.9 Å². The van der Waals surface area contributed by atoms with Crippen LogP contribution < -0.4 is 5.32 Å². The van der Waals surface area contributed by atoms with Gasteiger partial charge in [-0.25, -0.2) is 22.0 Å². The molecule has 1 aliphatic rings. The van der Waals surface area contributed by atoms with Crippen LogP contribution in [0.5, 0.6) is 0 Å². The molecule has 0 saturated carbocycles. The van der Waals surface area contributed by atoms with Crippen molar-refractivity contribution in [2.45, 2.75) is 42.8 Å². The van der Waals surface area contributed by atoms with Crippen LogP contribution >= 0.6 is 23.1 Å². The van der Waals surface area contributed by atoms with E-state index in [0.29, 0.717) is 17.7 Å². The van der Waals surface area contributed by atoms with Crippen molar-refractivity contribution in [3.63, 3.8) is 0 Å². The van der Waals surface area contributed by atoms with Crippen molar-refractivity contribution in [2.24, 2.45) is 0 Å². The second-order valence-electron chi connectivity index (χ2n) is 9.27. The lowest BCUT2D eigenvalue weighted by molar-refractivity contribution is -0.245. The summed E-state index contributed by atoms with van der Waals surface area (Å²) in [4.78, 5) is 12.4. The Kier molecular flexibility index (Phi) is 9.18. The number of aromatic nitrogens is 2. The Hall–Kier alpha value is -3.43. The van der Waals surface area contributed by atoms with Crippen LogP contribution in [0.4, 0.5) is 27.6 Å². The molecular weight excluding hydrogens is 601 g/mol. The quantitative estimate of drug-likeness (QED) is 0.0986. The van der Waals surface area contributed by atoms with Gasteiger partial charge in [0, 0.05) is 23.4 Å². The van der Waals surface area contributed by atoms with Gasteiger partial charge in [0.1, 0.15) is 10.6 Å². The monoisotopic (exact) mass is 623 g/mol. The Morgan fingerprint density at radius 2 is 1.55 bits per heavy atom. The SMILES string of the molecule is Cc1nnc(SC[C@H]2C[C@@H](c3ccc(CO)cc3)O[C@@H](c3ccc(NC(=O)c4c(F)c(F)c(F)c(F)c4F)cc3)O2)s1. The second-order valence-corrected chi connectivity index (χ2v) is 11.7. The maximum absolute atomic E-state index is 14.1. The molecule has 1 fully saturated rings. The van der Waals surface area contributed by atoms with Crippen LogP contribution in [-0.4, -0.2) is 33.1 Å². The van der Waals surface area contributed by atoms with Crippen LogP contribution in [0.1, 0.15) is 50.9 Å². The highest BCUT2D eigenvalue weighted by atomic mass is 32.2. The molecule has 0 bridgehead atoms. The lowest BCUT2D eigenvalue weighted by Crippen LogP contribution is -2.31. The van der Waals surface area contributed by atoms with E-state index in [1.165, 1.54) is 35.2 Å². The van der Waals surface area contributed by atoms with E-state index >= 15 is 0 Å². The standard InChI is InChI=1S/C28H22F5N3O4S2/c1-13-35-36-28(42-13)41-12-18-10-19(15-4-2-14(11-37)3-5-15)40-27(39-18)16-6-8-17(9-7-16)34-26(38)20-21(29)23(31)25(33)24(32)22(20)30/h2-9,18-19,27,37H,10-12H2,1H3,(H,34,38)/t18-,19+,27+/m1/s1. The van der Waals surface area contributed by atoms with Crippen LogP contribution in [0.25, 0.3) is 0 Å². The highest BCUT2D eigenvalue weighted by Gasteiger charge is 2.33. The fourth-order valence-electron chi connectivity index (χ4n) is 4.25. The topological polar surface area (TPSA) is 93.6 Å². The number of thioether (sulfide) groups is 1. The molecule has 0 radical (unpaired) electrons. The Morgan fingerprint density at radius 3 is 2.14 bits per heavy atom. The molecule has 1 aromatic heterocycles. The third kappa shape index (κ3) is 6.47. The molecule has 1 aliphatic heterocycles. The van der Waals surface area contributed by atoms with E-state index in [-0.39, 0.29) is 24.5 Å². The summed E-state index contributed by atoms with van der Waals surface area (Å²) in [7, 11) is 0. The highest BCUT2D eigenvalue weighted by Crippen LogP contribution is 2.40. The van der Waals surface area contributed by atoms with Gasteiger partial charge in [0.25, 0.3) is 5.91 Å². The largest absolute Gasteiger partial charge is 0.392 e. The lowest BCUT2D eigenvalue weighted by atomic mass is 10.0. The number of benzene rings is 3. The number of carbonyl (C=O) groups excluding carboxylic acids is 1. The van der Waals surface area contributed by atoms with Crippen molar-refractivity contribution >= 4 is 34.7 Å². The summed E-state index contributed by atoms with van der Waals surface area (Å²) >= 11 is 2.98. The van der Waals surface area contributed by atoms with Crippen molar-refractivity contribution in [2.75, 3.05) is 11.1 Å². The maximum Gasteiger partial charge on any atom is 0.261 e. The van der Waals surface area contributed by atoms with Crippen LogP contribution in [0, 0.1) is 36.0 Å².